The van der Waals surface area contributed by atoms with E-state index >= 15 is 0 Å². The lowest BCUT2D eigenvalue weighted by molar-refractivity contribution is 0.411. The second-order valence-corrected chi connectivity index (χ2v) is 9.68. The Balaban J connectivity index is 0.000000314. The number of sulfonamides is 1. The van der Waals surface area contributed by atoms with Crippen molar-refractivity contribution in [2.75, 3.05) is 14.2 Å². The molecule has 5 nitrogen and oxygen atoms in total. The summed E-state index contributed by atoms with van der Waals surface area (Å²) in [5.74, 6) is 1.47. The minimum absolute atomic E-state index is 0.208. The van der Waals surface area contributed by atoms with Gasteiger partial charge in [-0.05, 0) is 83.0 Å². The van der Waals surface area contributed by atoms with Gasteiger partial charge in [-0.2, -0.15) is 0 Å². The molecule has 26 heavy (non-hydrogen) atoms. The summed E-state index contributed by atoms with van der Waals surface area (Å²) in [4.78, 5) is 0.208. The third-order valence-electron chi connectivity index (χ3n) is 2.93. The summed E-state index contributed by atoms with van der Waals surface area (Å²) in [6.45, 7) is 5.38. The van der Waals surface area contributed by atoms with E-state index in [9.17, 15) is 8.42 Å². The maximum Gasteiger partial charge on any atom is 0.241 e. The van der Waals surface area contributed by atoms with E-state index in [1.165, 1.54) is 19.2 Å². The Labute approximate surface area is 172 Å². The zero-order valence-electron chi connectivity index (χ0n) is 15.3. The fraction of sp³-hybridized carbons (Fsp3) is 0.333. The summed E-state index contributed by atoms with van der Waals surface area (Å²) in [6, 6.07) is 12.4. The number of methoxy groups -OCH3 is 2. The first-order valence-corrected chi connectivity index (χ1v) is 10.7. The van der Waals surface area contributed by atoms with Crippen LogP contribution in [0.15, 0.2) is 56.3 Å². The number of halogens is 2. The van der Waals surface area contributed by atoms with Gasteiger partial charge in [0.25, 0.3) is 0 Å². The van der Waals surface area contributed by atoms with E-state index in [1.54, 1.807) is 33.9 Å². The molecule has 0 fully saturated rings. The molecule has 0 aliphatic rings. The zero-order valence-corrected chi connectivity index (χ0v) is 19.3. The van der Waals surface area contributed by atoms with Gasteiger partial charge >= 0.3 is 0 Å². The highest BCUT2D eigenvalue weighted by atomic mass is 79.9. The van der Waals surface area contributed by atoms with Crippen LogP contribution in [0.4, 0.5) is 0 Å². The van der Waals surface area contributed by atoms with Gasteiger partial charge in [-0.3, -0.25) is 0 Å². The quantitative estimate of drug-likeness (QED) is 0.631. The number of rotatable bonds is 4. The second kappa shape index (κ2) is 9.73. The fourth-order valence-electron chi connectivity index (χ4n) is 1.89. The number of ether oxygens (including phenoxy) is 2. The molecule has 0 bridgehead atoms. The maximum absolute atomic E-state index is 12.0. The second-order valence-electron chi connectivity index (χ2n) is 6.29. The first-order valence-electron chi connectivity index (χ1n) is 7.66. The normalized spacial score (nSPS) is 11.3. The Morgan fingerprint density at radius 2 is 1.42 bits per heavy atom. The van der Waals surface area contributed by atoms with Crippen LogP contribution in [-0.4, -0.2) is 28.2 Å². The molecule has 0 aliphatic carbocycles. The van der Waals surface area contributed by atoms with E-state index in [1.807, 2.05) is 24.3 Å². The van der Waals surface area contributed by atoms with Crippen LogP contribution in [0.1, 0.15) is 20.8 Å². The fourth-order valence-corrected chi connectivity index (χ4v) is 4.47. The van der Waals surface area contributed by atoms with Crippen LogP contribution in [-0.2, 0) is 10.0 Å². The van der Waals surface area contributed by atoms with Gasteiger partial charge in [-0.1, -0.05) is 12.1 Å². The largest absolute Gasteiger partial charge is 0.496 e. The van der Waals surface area contributed by atoms with E-state index in [4.69, 9.17) is 9.47 Å². The number of benzene rings is 2. The summed E-state index contributed by atoms with van der Waals surface area (Å²) in [6.07, 6.45) is 0. The minimum atomic E-state index is -3.50. The lowest BCUT2D eigenvalue weighted by atomic mass is 10.1. The van der Waals surface area contributed by atoms with Crippen molar-refractivity contribution in [3.63, 3.8) is 0 Å². The Morgan fingerprint density at radius 1 is 0.885 bits per heavy atom. The highest BCUT2D eigenvalue weighted by molar-refractivity contribution is 9.10. The Kier molecular flexibility index (Phi) is 8.59. The summed E-state index contributed by atoms with van der Waals surface area (Å²) in [5.41, 5.74) is -0.509. The van der Waals surface area contributed by atoms with Crippen molar-refractivity contribution >= 4 is 41.9 Å². The predicted octanol–water partition coefficient (Wildman–Crippen LogP) is 4.99. The average molecular weight is 509 g/mol. The molecular weight excluding hydrogens is 486 g/mol. The van der Waals surface area contributed by atoms with Crippen molar-refractivity contribution in [2.24, 2.45) is 0 Å². The molecule has 0 atom stereocenters. The van der Waals surface area contributed by atoms with Gasteiger partial charge in [0, 0.05) is 5.54 Å². The summed E-state index contributed by atoms with van der Waals surface area (Å²) in [5, 5.41) is 0. The SMILES string of the molecule is COc1ccc(S(=O)(=O)NC(C)(C)C)cc1Br.COc1ccccc1Br. The predicted molar refractivity (Wildman–Crippen MR) is 111 cm³/mol. The minimum Gasteiger partial charge on any atom is -0.496 e. The Bertz CT molecular complexity index is 833. The number of hydrogen-bond donors (Lipinski definition) is 1. The molecule has 2 aromatic carbocycles. The van der Waals surface area contributed by atoms with Crippen molar-refractivity contribution < 1.29 is 17.9 Å². The maximum atomic E-state index is 12.0. The molecule has 0 heterocycles. The van der Waals surface area contributed by atoms with Crippen molar-refractivity contribution in [2.45, 2.75) is 31.2 Å². The van der Waals surface area contributed by atoms with Crippen LogP contribution in [0.2, 0.25) is 0 Å². The molecular formula is C18H23Br2NO4S. The summed E-state index contributed by atoms with van der Waals surface area (Å²) >= 11 is 6.59. The van der Waals surface area contributed by atoms with Crippen LogP contribution in [0.5, 0.6) is 11.5 Å². The number of hydrogen-bond acceptors (Lipinski definition) is 4. The van der Waals surface area contributed by atoms with Crippen LogP contribution < -0.4 is 14.2 Å². The molecule has 1 N–H and O–H groups in total. The monoisotopic (exact) mass is 507 g/mol. The van der Waals surface area contributed by atoms with Crippen molar-refractivity contribution in [3.05, 3.63) is 51.4 Å². The molecule has 0 unspecified atom stereocenters. The van der Waals surface area contributed by atoms with Gasteiger partial charge in [0.15, 0.2) is 0 Å². The molecule has 2 rings (SSSR count). The van der Waals surface area contributed by atoms with Crippen LogP contribution >= 0.6 is 31.9 Å². The van der Waals surface area contributed by atoms with Gasteiger partial charge in [0.2, 0.25) is 10.0 Å². The molecule has 0 amide bonds. The molecule has 0 saturated heterocycles. The van der Waals surface area contributed by atoms with E-state index in [0.717, 1.165) is 10.2 Å². The third kappa shape index (κ3) is 7.26. The zero-order chi connectivity index (χ0) is 20.0. The molecule has 2 aromatic rings. The van der Waals surface area contributed by atoms with Gasteiger partial charge in [0.1, 0.15) is 11.5 Å². The van der Waals surface area contributed by atoms with E-state index in [-0.39, 0.29) is 4.90 Å². The standard InChI is InChI=1S/C11H16BrNO3S.C7H7BrO/c1-11(2,3)13-17(14,15)8-5-6-10(16-4)9(12)7-8;1-9-7-5-3-2-4-6(7)8/h5-7,13H,1-4H3;2-5H,1H3. The summed E-state index contributed by atoms with van der Waals surface area (Å²) in [7, 11) is -0.319. The molecule has 8 heteroatoms. The van der Waals surface area contributed by atoms with Gasteiger partial charge in [-0.25, -0.2) is 13.1 Å². The van der Waals surface area contributed by atoms with Crippen molar-refractivity contribution in [1.82, 2.24) is 4.72 Å². The highest BCUT2D eigenvalue weighted by Gasteiger charge is 2.22. The lowest BCUT2D eigenvalue weighted by Crippen LogP contribution is -2.40. The van der Waals surface area contributed by atoms with Crippen LogP contribution in [0.3, 0.4) is 0 Å². The van der Waals surface area contributed by atoms with Gasteiger partial charge < -0.3 is 9.47 Å². The smallest absolute Gasteiger partial charge is 0.241 e. The Hall–Kier alpha value is -1.09. The van der Waals surface area contributed by atoms with E-state index in [0.29, 0.717) is 10.2 Å². The average Bonchev–Trinajstić information content (AvgIpc) is 2.53. The molecule has 144 valence electrons. The first-order chi connectivity index (χ1) is 12.0. The summed E-state index contributed by atoms with van der Waals surface area (Å²) < 4.78 is 38.3. The van der Waals surface area contributed by atoms with E-state index < -0.39 is 15.6 Å². The van der Waals surface area contributed by atoms with Crippen molar-refractivity contribution in [3.8, 4) is 11.5 Å². The van der Waals surface area contributed by atoms with Crippen LogP contribution in [0, 0.1) is 0 Å². The van der Waals surface area contributed by atoms with Gasteiger partial charge in [0.05, 0.1) is 28.1 Å². The third-order valence-corrected chi connectivity index (χ3v) is 5.96. The highest BCUT2D eigenvalue weighted by Crippen LogP contribution is 2.27. The molecule has 0 radical (unpaired) electrons. The number of para-hydroxylation sites is 1. The molecule has 0 aromatic heterocycles. The first kappa shape index (κ1) is 23.0. The molecule has 0 saturated carbocycles. The topological polar surface area (TPSA) is 64.6 Å². The Morgan fingerprint density at radius 3 is 1.85 bits per heavy atom. The molecule has 0 aliphatic heterocycles. The van der Waals surface area contributed by atoms with Gasteiger partial charge in [-0.15, -0.1) is 0 Å². The van der Waals surface area contributed by atoms with Crippen molar-refractivity contribution in [1.29, 1.82) is 0 Å². The number of nitrogens with one attached hydrogen (secondary N) is 1. The lowest BCUT2D eigenvalue weighted by Gasteiger charge is -2.20. The molecule has 0 spiro atoms. The van der Waals surface area contributed by atoms with Crippen LogP contribution in [0.25, 0.3) is 0 Å². The van der Waals surface area contributed by atoms with E-state index in [2.05, 4.69) is 36.6 Å².